The maximum Gasteiger partial charge on any atom is 0.416 e. The summed E-state index contributed by atoms with van der Waals surface area (Å²) in [5, 5.41) is 2.79. The highest BCUT2D eigenvalue weighted by Gasteiger charge is 2.45. The second kappa shape index (κ2) is 6.87. The molecule has 0 aliphatic heterocycles. The molecule has 1 atom stereocenters. The molecule has 1 aromatic rings. The maximum atomic E-state index is 12.8. The van der Waals surface area contributed by atoms with E-state index in [0.29, 0.717) is 12.1 Å². The second-order valence-corrected chi connectivity index (χ2v) is 5.71. The van der Waals surface area contributed by atoms with E-state index in [1.807, 2.05) is 0 Å². The molecule has 0 radical (unpaired) electrons. The van der Waals surface area contributed by atoms with Crippen LogP contribution in [0.3, 0.4) is 0 Å². The predicted octanol–water partition coefficient (Wildman–Crippen LogP) is 2.87. The molecule has 1 unspecified atom stereocenters. The van der Waals surface area contributed by atoms with Gasteiger partial charge in [-0.1, -0.05) is 25.1 Å². The summed E-state index contributed by atoms with van der Waals surface area (Å²) in [6.07, 6.45) is -2.78. The molecule has 1 saturated carbocycles. The van der Waals surface area contributed by atoms with E-state index in [0.717, 1.165) is 18.9 Å². The average molecular weight is 337 g/mol. The molecule has 1 amide bonds. The van der Waals surface area contributed by atoms with Gasteiger partial charge in [0.25, 0.3) is 0 Å². The van der Waals surface area contributed by atoms with Crippen LogP contribution in [0.5, 0.6) is 0 Å². The summed E-state index contributed by atoms with van der Waals surface area (Å²) in [4.78, 5) is 11.7. The lowest BCUT2D eigenvalue weighted by atomic mass is 9.94. The molecule has 1 aliphatic carbocycles. The molecular formula is C15H20ClF3N2O. The van der Waals surface area contributed by atoms with Gasteiger partial charge in [-0.15, -0.1) is 12.4 Å². The van der Waals surface area contributed by atoms with E-state index in [-0.39, 0.29) is 36.2 Å². The minimum atomic E-state index is -4.34. The smallest absolute Gasteiger partial charge is 0.355 e. The minimum absolute atomic E-state index is 0. The molecule has 0 bridgehead atoms. The summed E-state index contributed by atoms with van der Waals surface area (Å²) in [7, 11) is 0. The van der Waals surface area contributed by atoms with E-state index < -0.39 is 11.7 Å². The first-order valence-electron chi connectivity index (χ1n) is 6.94. The van der Waals surface area contributed by atoms with Gasteiger partial charge in [0, 0.05) is 24.4 Å². The van der Waals surface area contributed by atoms with Crippen molar-refractivity contribution in [3.05, 3.63) is 35.4 Å². The lowest BCUT2D eigenvalue weighted by Gasteiger charge is -2.19. The normalized spacial score (nSPS) is 17.3. The zero-order valence-electron chi connectivity index (χ0n) is 12.2. The Bertz CT molecular complexity index is 530. The number of nitrogens with one attached hydrogen (secondary N) is 1. The Morgan fingerprint density at radius 1 is 1.41 bits per heavy atom. The van der Waals surface area contributed by atoms with E-state index in [9.17, 15) is 18.0 Å². The van der Waals surface area contributed by atoms with Gasteiger partial charge in [-0.3, -0.25) is 4.79 Å². The fourth-order valence-electron chi connectivity index (χ4n) is 2.28. The number of rotatable bonds is 5. The quantitative estimate of drug-likeness (QED) is 0.868. The zero-order chi connectivity index (χ0) is 15.7. The van der Waals surface area contributed by atoms with Crippen LogP contribution in [0.15, 0.2) is 24.3 Å². The van der Waals surface area contributed by atoms with Crippen LogP contribution in [0, 0.1) is 5.92 Å². The van der Waals surface area contributed by atoms with Crippen molar-refractivity contribution in [2.24, 2.45) is 11.7 Å². The Morgan fingerprint density at radius 3 is 2.55 bits per heavy atom. The van der Waals surface area contributed by atoms with Crippen LogP contribution in [-0.4, -0.2) is 19.0 Å². The number of alkyl halides is 3. The first-order valence-corrected chi connectivity index (χ1v) is 6.94. The Labute approximate surface area is 133 Å². The van der Waals surface area contributed by atoms with Gasteiger partial charge in [0.1, 0.15) is 0 Å². The number of halogens is 4. The number of hydrogen-bond acceptors (Lipinski definition) is 2. The fraction of sp³-hybridized carbons (Fsp3) is 0.533. The Morgan fingerprint density at radius 2 is 2.05 bits per heavy atom. The summed E-state index contributed by atoms with van der Waals surface area (Å²) >= 11 is 0. The molecule has 1 fully saturated rings. The van der Waals surface area contributed by atoms with Gasteiger partial charge in [0.05, 0.1) is 5.56 Å². The van der Waals surface area contributed by atoms with Gasteiger partial charge in [-0.2, -0.15) is 13.2 Å². The molecular weight excluding hydrogens is 317 g/mol. The van der Waals surface area contributed by atoms with Crippen molar-refractivity contribution in [1.82, 2.24) is 5.32 Å². The predicted molar refractivity (Wildman–Crippen MR) is 80.8 cm³/mol. The van der Waals surface area contributed by atoms with Crippen LogP contribution in [0.25, 0.3) is 0 Å². The van der Waals surface area contributed by atoms with Crippen LogP contribution in [-0.2, 0) is 16.4 Å². The zero-order valence-corrected chi connectivity index (χ0v) is 13.1. The lowest BCUT2D eigenvalue weighted by Crippen LogP contribution is -2.38. The van der Waals surface area contributed by atoms with Crippen molar-refractivity contribution in [1.29, 1.82) is 0 Å². The highest BCUT2D eigenvalue weighted by Crippen LogP contribution is 2.48. The molecule has 0 aromatic heterocycles. The Balaban J connectivity index is 0.00000242. The topological polar surface area (TPSA) is 55.1 Å². The molecule has 2 rings (SSSR count). The molecule has 1 aliphatic rings. The van der Waals surface area contributed by atoms with Gasteiger partial charge in [0.15, 0.2) is 0 Å². The number of amides is 1. The minimum Gasteiger partial charge on any atom is -0.355 e. The molecule has 3 N–H and O–H groups in total. The van der Waals surface area contributed by atoms with E-state index in [1.165, 1.54) is 12.1 Å². The third-order valence-electron chi connectivity index (χ3n) is 4.06. The number of carbonyl (C=O) groups excluding carboxylic acids is 1. The first-order chi connectivity index (χ1) is 9.78. The second-order valence-electron chi connectivity index (χ2n) is 5.71. The molecule has 7 heteroatoms. The van der Waals surface area contributed by atoms with Gasteiger partial charge in [-0.05, 0) is 24.5 Å². The summed E-state index contributed by atoms with van der Waals surface area (Å²) < 4.78 is 38.3. The number of nitrogens with two attached hydrogens (primary N) is 1. The van der Waals surface area contributed by atoms with E-state index in [4.69, 9.17) is 5.73 Å². The monoisotopic (exact) mass is 336 g/mol. The van der Waals surface area contributed by atoms with E-state index >= 15 is 0 Å². The molecule has 0 saturated heterocycles. The van der Waals surface area contributed by atoms with Gasteiger partial charge in [-0.25, -0.2) is 0 Å². The van der Waals surface area contributed by atoms with Crippen LogP contribution < -0.4 is 11.1 Å². The van der Waals surface area contributed by atoms with Crippen molar-refractivity contribution >= 4 is 18.3 Å². The highest BCUT2D eigenvalue weighted by atomic mass is 35.5. The largest absolute Gasteiger partial charge is 0.416 e. The molecule has 0 heterocycles. The molecule has 3 nitrogen and oxygen atoms in total. The van der Waals surface area contributed by atoms with Crippen LogP contribution >= 0.6 is 12.4 Å². The van der Waals surface area contributed by atoms with Crippen molar-refractivity contribution in [3.8, 4) is 0 Å². The number of carbonyl (C=O) groups is 1. The third kappa shape index (κ3) is 4.14. The molecule has 1 aromatic carbocycles. The lowest BCUT2D eigenvalue weighted by molar-refractivity contribution is -0.137. The molecule has 124 valence electrons. The Hall–Kier alpha value is -1.27. The summed E-state index contributed by atoms with van der Waals surface area (Å²) in [5.41, 5.74) is 5.06. The Kier molecular flexibility index (Phi) is 5.87. The van der Waals surface area contributed by atoms with Crippen molar-refractivity contribution in [3.63, 3.8) is 0 Å². The van der Waals surface area contributed by atoms with Gasteiger partial charge in [0.2, 0.25) is 5.91 Å². The fourth-order valence-corrected chi connectivity index (χ4v) is 2.28. The maximum absolute atomic E-state index is 12.8. The SMILES string of the molecule is CC(CN)C(=O)NCC1(c2cccc(C(F)(F)F)c2)CC1.Cl. The number of hydrogen-bond donors (Lipinski definition) is 2. The van der Waals surface area contributed by atoms with E-state index in [2.05, 4.69) is 5.32 Å². The van der Waals surface area contributed by atoms with Crippen molar-refractivity contribution in [2.75, 3.05) is 13.1 Å². The summed E-state index contributed by atoms with van der Waals surface area (Å²) in [6, 6.07) is 5.36. The van der Waals surface area contributed by atoms with Gasteiger partial charge < -0.3 is 11.1 Å². The third-order valence-corrected chi connectivity index (χ3v) is 4.06. The summed E-state index contributed by atoms with van der Waals surface area (Å²) in [5.74, 6) is -0.446. The van der Waals surface area contributed by atoms with Crippen LogP contribution in [0.4, 0.5) is 13.2 Å². The highest BCUT2D eigenvalue weighted by molar-refractivity contribution is 5.85. The average Bonchev–Trinajstić information content (AvgIpc) is 3.24. The standard InChI is InChI=1S/C15H19F3N2O.ClH/c1-10(8-19)13(21)20-9-14(5-6-14)11-3-2-4-12(7-11)15(16,17)18;/h2-4,7,10H,5-6,8-9,19H2,1H3,(H,20,21);1H. The van der Waals surface area contributed by atoms with Gasteiger partial charge >= 0.3 is 6.18 Å². The number of benzene rings is 1. The first kappa shape index (κ1) is 18.8. The van der Waals surface area contributed by atoms with Crippen molar-refractivity contribution < 1.29 is 18.0 Å². The van der Waals surface area contributed by atoms with Crippen molar-refractivity contribution in [2.45, 2.75) is 31.4 Å². The van der Waals surface area contributed by atoms with Crippen LogP contribution in [0.2, 0.25) is 0 Å². The molecule has 0 spiro atoms. The summed E-state index contributed by atoms with van der Waals surface area (Å²) in [6.45, 7) is 2.33. The van der Waals surface area contributed by atoms with E-state index in [1.54, 1.807) is 13.0 Å². The molecule has 22 heavy (non-hydrogen) atoms. The van der Waals surface area contributed by atoms with Crippen LogP contribution in [0.1, 0.15) is 30.9 Å².